The molecule has 4 aromatic rings. The number of rotatable bonds is 4. The molecular formula is C33H33ClF2N6O3. The van der Waals surface area contributed by atoms with Gasteiger partial charge in [0.1, 0.15) is 47.0 Å². The monoisotopic (exact) mass is 634 g/mol. The standard InChI is InChI=1S/C33H33ClF2N6O3/c1-16-29-23-7-6-19(37-23)14-42(29)30-25-28(39-32(40-30)44-15-33-8-3-9-41(33)13-18(35)12-33)26(36)27(38-31(25)45-16)21-11-20(43)10-17-4-2-5-22(34)24(17)21/h2,4-5,10-11,16,18-19,23,29,37,43H,3,6-9,12-15H2,1H3/t16-,18+,19+,23-,29+,33-/m0/s1. The molecule has 4 fully saturated rings. The van der Waals surface area contributed by atoms with Crippen LogP contribution in [0, 0.1) is 5.82 Å². The number of nitrogens with one attached hydrogen (secondary N) is 1. The molecular weight excluding hydrogens is 602 g/mol. The summed E-state index contributed by atoms with van der Waals surface area (Å²) in [5.41, 5.74) is -0.101. The zero-order chi connectivity index (χ0) is 30.6. The van der Waals surface area contributed by atoms with E-state index in [1.807, 2.05) is 6.92 Å². The smallest absolute Gasteiger partial charge is 0.319 e. The molecule has 7 heterocycles. The summed E-state index contributed by atoms with van der Waals surface area (Å²) in [6, 6.07) is 8.77. The molecule has 12 heteroatoms. The molecule has 0 aliphatic carbocycles. The number of benzene rings is 2. The number of nitrogens with zero attached hydrogens (tertiary/aromatic N) is 5. The molecule has 2 bridgehead atoms. The van der Waals surface area contributed by atoms with Crippen molar-refractivity contribution in [2.24, 2.45) is 0 Å². The molecule has 2 aromatic carbocycles. The van der Waals surface area contributed by atoms with E-state index >= 15 is 4.39 Å². The van der Waals surface area contributed by atoms with Crippen LogP contribution >= 0.6 is 11.6 Å². The van der Waals surface area contributed by atoms with Crippen molar-refractivity contribution in [2.45, 2.75) is 75.0 Å². The van der Waals surface area contributed by atoms with Crippen molar-refractivity contribution in [3.05, 3.63) is 41.2 Å². The largest absolute Gasteiger partial charge is 0.508 e. The summed E-state index contributed by atoms with van der Waals surface area (Å²) in [7, 11) is 0. The van der Waals surface area contributed by atoms with Gasteiger partial charge in [-0.05, 0) is 62.7 Å². The lowest BCUT2D eigenvalue weighted by atomic mass is 9.95. The van der Waals surface area contributed by atoms with Crippen LogP contribution in [0.25, 0.3) is 32.9 Å². The van der Waals surface area contributed by atoms with Crippen LogP contribution in [-0.2, 0) is 0 Å². The second-order valence-electron chi connectivity index (χ2n) is 13.3. The van der Waals surface area contributed by atoms with Crippen molar-refractivity contribution >= 4 is 39.1 Å². The topological polar surface area (TPSA) is 95.9 Å². The van der Waals surface area contributed by atoms with Crippen molar-refractivity contribution in [3.63, 3.8) is 0 Å². The number of hydrogen-bond donors (Lipinski definition) is 2. The summed E-state index contributed by atoms with van der Waals surface area (Å²) < 4.78 is 44.4. The minimum atomic E-state index is -0.899. The Kier molecular flexibility index (Phi) is 6.15. The summed E-state index contributed by atoms with van der Waals surface area (Å²) >= 11 is 6.64. The number of pyridine rings is 1. The molecule has 5 aliphatic rings. The third-order valence-corrected chi connectivity index (χ3v) is 10.9. The zero-order valence-corrected chi connectivity index (χ0v) is 25.5. The molecule has 2 aromatic heterocycles. The number of piperazine rings is 1. The number of halogens is 3. The first-order valence-corrected chi connectivity index (χ1v) is 16.2. The Morgan fingerprint density at radius 3 is 2.96 bits per heavy atom. The highest BCUT2D eigenvalue weighted by molar-refractivity contribution is 6.36. The summed E-state index contributed by atoms with van der Waals surface area (Å²) in [4.78, 5) is 18.7. The maximum Gasteiger partial charge on any atom is 0.319 e. The number of ether oxygens (including phenoxy) is 2. The predicted octanol–water partition coefficient (Wildman–Crippen LogP) is 5.39. The average molecular weight is 635 g/mol. The van der Waals surface area contributed by atoms with Gasteiger partial charge in [0.05, 0.1) is 11.6 Å². The Hall–Kier alpha value is -3.54. The first-order chi connectivity index (χ1) is 21.8. The van der Waals surface area contributed by atoms with Crippen LogP contribution in [0.3, 0.4) is 0 Å². The number of fused-ring (bicyclic) bond motifs is 7. The lowest BCUT2D eigenvalue weighted by molar-refractivity contribution is 0.107. The van der Waals surface area contributed by atoms with Gasteiger partial charge in [0.25, 0.3) is 0 Å². The quantitative estimate of drug-likeness (QED) is 0.306. The fourth-order valence-electron chi connectivity index (χ4n) is 8.73. The summed E-state index contributed by atoms with van der Waals surface area (Å²) in [6.07, 6.45) is 3.05. The van der Waals surface area contributed by atoms with E-state index in [1.54, 1.807) is 24.3 Å². The highest BCUT2D eigenvalue weighted by Crippen LogP contribution is 2.46. The Balaban J connectivity index is 1.25. The zero-order valence-electron chi connectivity index (χ0n) is 24.8. The summed E-state index contributed by atoms with van der Waals surface area (Å²) in [6.45, 7) is 4.15. The normalized spacial score (nSPS) is 30.4. The van der Waals surface area contributed by atoms with E-state index in [-0.39, 0.29) is 59.7 Å². The van der Waals surface area contributed by atoms with Gasteiger partial charge in [-0.15, -0.1) is 0 Å². The van der Waals surface area contributed by atoms with E-state index in [1.165, 1.54) is 6.07 Å². The number of aromatic nitrogens is 3. The second kappa shape index (κ2) is 9.98. The van der Waals surface area contributed by atoms with E-state index in [4.69, 9.17) is 31.0 Å². The maximum absolute atomic E-state index is 17.0. The van der Waals surface area contributed by atoms with E-state index in [0.29, 0.717) is 52.1 Å². The minimum absolute atomic E-state index is 0.0212. The number of alkyl halides is 1. The molecule has 6 atom stereocenters. The number of phenols is 1. The number of anilines is 1. The van der Waals surface area contributed by atoms with Crippen molar-refractivity contribution < 1.29 is 23.4 Å². The lowest BCUT2D eigenvalue weighted by Crippen LogP contribution is -2.62. The first-order valence-electron chi connectivity index (χ1n) is 15.8. The van der Waals surface area contributed by atoms with Crippen LogP contribution in [0.15, 0.2) is 30.3 Å². The second-order valence-corrected chi connectivity index (χ2v) is 13.7. The Morgan fingerprint density at radius 1 is 1.18 bits per heavy atom. The van der Waals surface area contributed by atoms with E-state index in [0.717, 1.165) is 32.2 Å². The van der Waals surface area contributed by atoms with Gasteiger partial charge in [-0.25, -0.2) is 13.8 Å². The number of hydrogen-bond acceptors (Lipinski definition) is 9. The SMILES string of the molecule is C[C@@H]1Oc2nc(-c3cc(O)cc4cccc(Cl)c34)c(F)c3nc(OC[C@@]45CCCN4C[C@H](F)C5)nc(c23)N2C[C@H]3CC[C@H](N3)[C@@H]12. The first kappa shape index (κ1) is 27.7. The fourth-order valence-corrected chi connectivity index (χ4v) is 9.02. The van der Waals surface area contributed by atoms with E-state index in [2.05, 4.69) is 20.1 Å². The molecule has 0 unspecified atom stereocenters. The third kappa shape index (κ3) is 4.19. The highest BCUT2D eigenvalue weighted by atomic mass is 35.5. The Morgan fingerprint density at radius 2 is 2.07 bits per heavy atom. The molecule has 0 spiro atoms. The van der Waals surface area contributed by atoms with Crippen molar-refractivity contribution in [3.8, 4) is 28.9 Å². The van der Waals surface area contributed by atoms with Crippen molar-refractivity contribution in [1.82, 2.24) is 25.2 Å². The summed E-state index contributed by atoms with van der Waals surface area (Å²) in [5, 5.41) is 16.3. The van der Waals surface area contributed by atoms with Gasteiger partial charge < -0.3 is 24.8 Å². The molecule has 0 amide bonds. The molecule has 234 valence electrons. The molecule has 5 aliphatic heterocycles. The van der Waals surface area contributed by atoms with Crippen LogP contribution in [0.4, 0.5) is 14.6 Å². The van der Waals surface area contributed by atoms with Crippen LogP contribution in [-0.4, -0.2) is 87.1 Å². The molecule has 4 saturated heterocycles. The molecule has 2 N–H and O–H groups in total. The van der Waals surface area contributed by atoms with Gasteiger partial charge >= 0.3 is 6.01 Å². The third-order valence-electron chi connectivity index (χ3n) is 10.6. The van der Waals surface area contributed by atoms with Gasteiger partial charge in [0, 0.05) is 47.6 Å². The van der Waals surface area contributed by atoms with Gasteiger partial charge in [0.2, 0.25) is 5.88 Å². The van der Waals surface area contributed by atoms with Crippen LogP contribution in [0.1, 0.15) is 39.0 Å². The van der Waals surface area contributed by atoms with Crippen LogP contribution in [0.2, 0.25) is 5.02 Å². The molecule has 0 saturated carbocycles. The fraction of sp³-hybridized carbons (Fsp3) is 0.485. The van der Waals surface area contributed by atoms with Crippen molar-refractivity contribution in [1.29, 1.82) is 0 Å². The number of phenolic OH excluding ortho intramolecular Hbond substituents is 1. The van der Waals surface area contributed by atoms with Gasteiger partial charge in [-0.2, -0.15) is 9.97 Å². The van der Waals surface area contributed by atoms with Crippen LogP contribution in [0.5, 0.6) is 17.6 Å². The molecule has 9 nitrogen and oxygen atoms in total. The van der Waals surface area contributed by atoms with Gasteiger partial charge in [0.15, 0.2) is 5.82 Å². The summed E-state index contributed by atoms with van der Waals surface area (Å²) in [5.74, 6) is 0.0223. The minimum Gasteiger partial charge on any atom is -0.508 e. The molecule has 9 rings (SSSR count). The molecule has 0 radical (unpaired) electrons. The van der Waals surface area contributed by atoms with Gasteiger partial charge in [-0.1, -0.05) is 23.7 Å². The Labute approximate surface area is 263 Å². The average Bonchev–Trinajstić information content (AvgIpc) is 3.65. The van der Waals surface area contributed by atoms with E-state index < -0.39 is 17.5 Å². The maximum atomic E-state index is 17.0. The predicted molar refractivity (Wildman–Crippen MR) is 167 cm³/mol. The van der Waals surface area contributed by atoms with Crippen LogP contribution < -0.4 is 19.7 Å². The Bertz CT molecular complexity index is 1880. The number of aromatic hydroxyl groups is 1. The van der Waals surface area contributed by atoms with E-state index in [9.17, 15) is 9.50 Å². The van der Waals surface area contributed by atoms with Crippen molar-refractivity contribution in [2.75, 3.05) is 31.1 Å². The van der Waals surface area contributed by atoms with Gasteiger partial charge in [-0.3, -0.25) is 4.90 Å². The lowest BCUT2D eigenvalue weighted by Gasteiger charge is -2.42. The molecule has 45 heavy (non-hydrogen) atoms. The highest BCUT2D eigenvalue weighted by Gasteiger charge is 2.50.